The molecule has 0 bridgehead atoms. The van der Waals surface area contributed by atoms with E-state index in [2.05, 4.69) is 96.6 Å². The van der Waals surface area contributed by atoms with Crippen molar-refractivity contribution in [1.82, 2.24) is 19.9 Å². The maximum absolute atomic E-state index is 4.99. The molecule has 40 heavy (non-hydrogen) atoms. The minimum Gasteiger partial charge on any atom is -0.256 e. The molecule has 0 fully saturated rings. The smallest absolute Gasteiger partial charge is 0.0903 e. The number of aromatic nitrogens is 4. The van der Waals surface area contributed by atoms with E-state index in [0.29, 0.717) is 0 Å². The Hall–Kier alpha value is -4.26. The monoisotopic (exact) mass is 554 g/mol. The van der Waals surface area contributed by atoms with Gasteiger partial charge in [-0.25, -0.2) is 9.97 Å². The van der Waals surface area contributed by atoms with Crippen LogP contribution in [0.25, 0.3) is 64.9 Å². The molecule has 3 aromatic carbocycles. The van der Waals surface area contributed by atoms with Gasteiger partial charge in [0.25, 0.3) is 0 Å². The number of thiazole rings is 2. The second-order valence-electron chi connectivity index (χ2n) is 10.0. The maximum atomic E-state index is 4.99. The fraction of sp³-hybridized carbons (Fsp3) is 0.118. The van der Waals surface area contributed by atoms with Crippen LogP contribution in [0.1, 0.15) is 21.4 Å². The Morgan fingerprint density at radius 1 is 0.475 bits per heavy atom. The van der Waals surface area contributed by atoms with Gasteiger partial charge in [-0.3, -0.25) is 9.97 Å². The van der Waals surface area contributed by atoms with Gasteiger partial charge < -0.3 is 0 Å². The molecule has 0 unspecified atom stereocenters. The van der Waals surface area contributed by atoms with Gasteiger partial charge in [0.2, 0.25) is 0 Å². The quantitative estimate of drug-likeness (QED) is 0.203. The zero-order valence-electron chi connectivity index (χ0n) is 22.7. The highest BCUT2D eigenvalue weighted by Crippen LogP contribution is 2.43. The van der Waals surface area contributed by atoms with Gasteiger partial charge in [0, 0.05) is 34.6 Å². The fourth-order valence-electron chi connectivity index (χ4n) is 5.63. The molecule has 0 atom stereocenters. The van der Waals surface area contributed by atoms with E-state index in [1.54, 1.807) is 22.7 Å². The summed E-state index contributed by atoms with van der Waals surface area (Å²) in [7, 11) is 0. The Kier molecular flexibility index (Phi) is 6.02. The molecule has 0 amide bonds. The van der Waals surface area contributed by atoms with Crippen LogP contribution in [0.4, 0.5) is 0 Å². The highest BCUT2D eigenvalue weighted by Gasteiger charge is 2.19. The van der Waals surface area contributed by atoms with Crippen molar-refractivity contribution in [2.75, 3.05) is 0 Å². The third-order valence-corrected chi connectivity index (χ3v) is 9.55. The second kappa shape index (κ2) is 9.73. The van der Waals surface area contributed by atoms with Gasteiger partial charge in [0.05, 0.1) is 42.5 Å². The van der Waals surface area contributed by atoms with Gasteiger partial charge in [-0.2, -0.15) is 0 Å². The summed E-state index contributed by atoms with van der Waals surface area (Å²) in [6.45, 7) is 8.22. The Bertz CT molecular complexity index is 1830. The van der Waals surface area contributed by atoms with E-state index in [0.717, 1.165) is 55.0 Å². The van der Waals surface area contributed by atoms with E-state index >= 15 is 0 Å². The van der Waals surface area contributed by atoms with Gasteiger partial charge in [-0.05, 0) is 73.5 Å². The summed E-state index contributed by atoms with van der Waals surface area (Å²) in [6.07, 6.45) is 3.96. The first kappa shape index (κ1) is 24.8. The number of hydrogen-bond acceptors (Lipinski definition) is 6. The van der Waals surface area contributed by atoms with Gasteiger partial charge in [-0.1, -0.05) is 48.5 Å². The van der Waals surface area contributed by atoms with Crippen LogP contribution in [-0.2, 0) is 0 Å². The molecule has 194 valence electrons. The molecule has 0 saturated carbocycles. The lowest BCUT2D eigenvalue weighted by Crippen LogP contribution is -1.94. The van der Waals surface area contributed by atoms with Crippen LogP contribution in [0, 0.1) is 27.7 Å². The number of rotatable bonds is 4. The molecule has 0 radical (unpaired) electrons. The summed E-state index contributed by atoms with van der Waals surface area (Å²) < 4.78 is 0. The normalized spacial score (nSPS) is 11.5. The van der Waals surface area contributed by atoms with E-state index in [1.807, 2.05) is 26.2 Å². The minimum atomic E-state index is 0.959. The van der Waals surface area contributed by atoms with Gasteiger partial charge >= 0.3 is 0 Å². The van der Waals surface area contributed by atoms with Crippen molar-refractivity contribution in [3.8, 4) is 43.4 Å². The van der Waals surface area contributed by atoms with Crippen molar-refractivity contribution in [1.29, 1.82) is 0 Å². The van der Waals surface area contributed by atoms with E-state index in [-0.39, 0.29) is 0 Å². The molecular weight excluding hydrogens is 529 g/mol. The predicted octanol–water partition coefficient (Wildman–Crippen LogP) is 9.60. The van der Waals surface area contributed by atoms with E-state index in [9.17, 15) is 0 Å². The third kappa shape index (κ3) is 4.12. The molecule has 0 aliphatic carbocycles. The standard InChI is InChI=1S/C34H26N4S2/c1-19-33(39-21(3)37-19)23-13-15-29(35-17-23)31-25-9-5-7-11-27(25)32(28-12-8-6-10-26(28)31)30-16-14-24(18-36-30)34-20(2)38-22(4)40-34/h5-18H,1-4H3. The maximum Gasteiger partial charge on any atom is 0.0903 e. The van der Waals surface area contributed by atoms with Gasteiger partial charge in [0.1, 0.15) is 0 Å². The molecule has 0 aliphatic rings. The molecule has 4 heterocycles. The van der Waals surface area contributed by atoms with Crippen molar-refractivity contribution < 1.29 is 0 Å². The average Bonchev–Trinajstić information content (AvgIpc) is 3.50. The van der Waals surface area contributed by atoms with Crippen molar-refractivity contribution in [3.05, 3.63) is 107 Å². The van der Waals surface area contributed by atoms with Crippen LogP contribution >= 0.6 is 22.7 Å². The van der Waals surface area contributed by atoms with Crippen LogP contribution in [0.15, 0.2) is 85.2 Å². The number of pyridine rings is 2. The van der Waals surface area contributed by atoms with E-state index < -0.39 is 0 Å². The molecule has 0 aliphatic heterocycles. The SMILES string of the molecule is Cc1nc(C)c(-c2ccc(-c3c4ccccc4c(-c4ccc(-c5sc(C)nc5C)cn4)c4ccccc34)nc2)s1. The number of nitrogens with zero attached hydrogens (tertiary/aromatic N) is 4. The van der Waals surface area contributed by atoms with Crippen LogP contribution in [0.2, 0.25) is 0 Å². The highest BCUT2D eigenvalue weighted by atomic mass is 32.1. The zero-order valence-corrected chi connectivity index (χ0v) is 24.3. The number of hydrogen-bond donors (Lipinski definition) is 0. The summed E-state index contributed by atoms with van der Waals surface area (Å²) in [5.74, 6) is 0. The lowest BCUT2D eigenvalue weighted by molar-refractivity contribution is 1.20. The van der Waals surface area contributed by atoms with Gasteiger partial charge in [0.15, 0.2) is 0 Å². The molecule has 0 spiro atoms. The summed E-state index contributed by atoms with van der Waals surface area (Å²) in [5, 5.41) is 6.82. The van der Waals surface area contributed by atoms with E-state index in [4.69, 9.17) is 9.97 Å². The van der Waals surface area contributed by atoms with Crippen LogP contribution in [0.5, 0.6) is 0 Å². The third-order valence-electron chi connectivity index (χ3n) is 7.30. The molecule has 4 aromatic heterocycles. The number of benzene rings is 3. The first-order chi connectivity index (χ1) is 19.5. The van der Waals surface area contributed by atoms with Crippen molar-refractivity contribution in [3.63, 3.8) is 0 Å². The molecule has 4 nitrogen and oxygen atoms in total. The van der Waals surface area contributed by atoms with Crippen LogP contribution < -0.4 is 0 Å². The Labute approximate surface area is 241 Å². The number of fused-ring (bicyclic) bond motifs is 2. The first-order valence-electron chi connectivity index (χ1n) is 13.2. The van der Waals surface area contributed by atoms with Gasteiger partial charge in [-0.15, -0.1) is 22.7 Å². The molecular formula is C34H26N4S2. The largest absolute Gasteiger partial charge is 0.256 e. The Morgan fingerprint density at radius 2 is 0.850 bits per heavy atom. The highest BCUT2D eigenvalue weighted by molar-refractivity contribution is 7.15. The summed E-state index contributed by atoms with van der Waals surface area (Å²) in [6, 6.07) is 25.8. The molecule has 7 rings (SSSR count). The minimum absolute atomic E-state index is 0.959. The predicted molar refractivity (Wildman–Crippen MR) is 169 cm³/mol. The molecule has 0 saturated heterocycles. The molecule has 0 N–H and O–H groups in total. The van der Waals surface area contributed by atoms with Crippen molar-refractivity contribution in [2.24, 2.45) is 0 Å². The van der Waals surface area contributed by atoms with Crippen LogP contribution in [0.3, 0.4) is 0 Å². The Morgan fingerprint density at radius 3 is 1.12 bits per heavy atom. The summed E-state index contributed by atoms with van der Waals surface area (Å²) >= 11 is 3.43. The average molecular weight is 555 g/mol. The van der Waals surface area contributed by atoms with E-state index in [1.165, 1.54) is 31.3 Å². The fourth-order valence-corrected chi connectivity index (χ4v) is 7.45. The molecule has 7 aromatic rings. The second-order valence-corrected chi connectivity index (χ2v) is 12.4. The molecule has 6 heteroatoms. The zero-order chi connectivity index (χ0) is 27.4. The van der Waals surface area contributed by atoms with Crippen LogP contribution in [-0.4, -0.2) is 19.9 Å². The Balaban J connectivity index is 1.41. The lowest BCUT2D eigenvalue weighted by atomic mass is 9.88. The summed E-state index contributed by atoms with van der Waals surface area (Å²) in [5.41, 5.74) is 8.52. The topological polar surface area (TPSA) is 51.6 Å². The number of aryl methyl sites for hydroxylation is 4. The lowest BCUT2D eigenvalue weighted by Gasteiger charge is -2.17. The van der Waals surface area contributed by atoms with Crippen molar-refractivity contribution in [2.45, 2.75) is 27.7 Å². The first-order valence-corrected chi connectivity index (χ1v) is 14.9. The summed E-state index contributed by atoms with van der Waals surface area (Å²) in [4.78, 5) is 21.5. The van der Waals surface area contributed by atoms with Crippen molar-refractivity contribution >= 4 is 44.2 Å².